The summed E-state index contributed by atoms with van der Waals surface area (Å²) < 4.78 is 15.6. The Morgan fingerprint density at radius 1 is 1.13 bits per heavy atom. The third kappa shape index (κ3) is 5.03. The SMILES string of the molecule is C=CCNC(=O)C(=O)N/N=C\c1cc(OC)c(OC)c(OC)c1. The molecule has 0 aliphatic heterocycles. The van der Waals surface area contributed by atoms with E-state index in [0.29, 0.717) is 22.8 Å². The van der Waals surface area contributed by atoms with Gasteiger partial charge in [0.1, 0.15) is 0 Å². The number of amides is 2. The average Bonchev–Trinajstić information content (AvgIpc) is 2.58. The molecule has 0 saturated heterocycles. The van der Waals surface area contributed by atoms with E-state index in [1.807, 2.05) is 0 Å². The summed E-state index contributed by atoms with van der Waals surface area (Å²) in [4.78, 5) is 22.8. The lowest BCUT2D eigenvalue weighted by Gasteiger charge is -2.12. The fourth-order valence-corrected chi connectivity index (χ4v) is 1.64. The molecule has 8 heteroatoms. The Hall–Kier alpha value is -3.03. The van der Waals surface area contributed by atoms with Gasteiger partial charge in [0.2, 0.25) is 5.75 Å². The van der Waals surface area contributed by atoms with E-state index in [-0.39, 0.29) is 6.54 Å². The van der Waals surface area contributed by atoms with Crippen LogP contribution in [0.3, 0.4) is 0 Å². The zero-order chi connectivity index (χ0) is 17.2. The molecular weight excluding hydrogens is 302 g/mol. The molecule has 124 valence electrons. The summed E-state index contributed by atoms with van der Waals surface area (Å²) in [6.07, 6.45) is 2.81. The van der Waals surface area contributed by atoms with Crippen LogP contribution in [-0.2, 0) is 9.59 Å². The number of hydrogen-bond donors (Lipinski definition) is 2. The zero-order valence-corrected chi connectivity index (χ0v) is 13.2. The van der Waals surface area contributed by atoms with Crippen molar-refractivity contribution in [3.8, 4) is 17.2 Å². The lowest BCUT2D eigenvalue weighted by atomic mass is 10.2. The number of hydrogen-bond acceptors (Lipinski definition) is 6. The van der Waals surface area contributed by atoms with E-state index in [4.69, 9.17) is 14.2 Å². The average molecular weight is 321 g/mol. The molecule has 1 aromatic rings. The van der Waals surface area contributed by atoms with Gasteiger partial charge >= 0.3 is 11.8 Å². The molecule has 1 aromatic carbocycles. The van der Waals surface area contributed by atoms with Crippen molar-refractivity contribution in [2.45, 2.75) is 0 Å². The highest BCUT2D eigenvalue weighted by Gasteiger charge is 2.13. The highest BCUT2D eigenvalue weighted by atomic mass is 16.5. The summed E-state index contributed by atoms with van der Waals surface area (Å²) in [5.41, 5.74) is 2.70. The molecule has 8 nitrogen and oxygen atoms in total. The minimum absolute atomic E-state index is 0.197. The number of rotatable bonds is 7. The van der Waals surface area contributed by atoms with Crippen molar-refractivity contribution in [3.63, 3.8) is 0 Å². The Bertz CT molecular complexity index is 588. The van der Waals surface area contributed by atoms with Gasteiger partial charge in [-0.1, -0.05) is 6.08 Å². The summed E-state index contributed by atoms with van der Waals surface area (Å²) in [6.45, 7) is 3.63. The number of ether oxygens (including phenoxy) is 3. The maximum atomic E-state index is 11.4. The van der Waals surface area contributed by atoms with Crippen LogP contribution in [0.15, 0.2) is 29.9 Å². The van der Waals surface area contributed by atoms with E-state index < -0.39 is 11.8 Å². The van der Waals surface area contributed by atoms with Crippen LogP contribution in [0.5, 0.6) is 17.2 Å². The molecule has 0 unspecified atom stereocenters. The maximum Gasteiger partial charge on any atom is 0.329 e. The Labute approximate surface area is 134 Å². The van der Waals surface area contributed by atoms with Crippen molar-refractivity contribution < 1.29 is 23.8 Å². The fraction of sp³-hybridized carbons (Fsp3) is 0.267. The predicted molar refractivity (Wildman–Crippen MR) is 85.0 cm³/mol. The molecule has 0 saturated carbocycles. The normalized spacial score (nSPS) is 10.0. The van der Waals surface area contributed by atoms with E-state index in [1.54, 1.807) is 12.1 Å². The quantitative estimate of drug-likeness (QED) is 0.329. The van der Waals surface area contributed by atoms with E-state index >= 15 is 0 Å². The summed E-state index contributed by atoms with van der Waals surface area (Å²) in [5.74, 6) is -0.339. The molecule has 0 spiro atoms. The molecule has 0 aromatic heterocycles. The highest BCUT2D eigenvalue weighted by molar-refractivity contribution is 6.35. The van der Waals surface area contributed by atoms with Gasteiger partial charge in [-0.2, -0.15) is 5.10 Å². The van der Waals surface area contributed by atoms with Crippen molar-refractivity contribution in [3.05, 3.63) is 30.4 Å². The summed E-state index contributed by atoms with van der Waals surface area (Å²) >= 11 is 0. The first-order valence-corrected chi connectivity index (χ1v) is 6.59. The Morgan fingerprint density at radius 3 is 2.22 bits per heavy atom. The Kier molecular flexibility index (Phi) is 7.12. The smallest absolute Gasteiger partial charge is 0.329 e. The van der Waals surface area contributed by atoms with Gasteiger partial charge < -0.3 is 19.5 Å². The molecule has 0 fully saturated rings. The van der Waals surface area contributed by atoms with Crippen molar-refractivity contribution in [2.75, 3.05) is 27.9 Å². The van der Waals surface area contributed by atoms with Gasteiger partial charge in [0.15, 0.2) is 11.5 Å². The minimum atomic E-state index is -0.879. The number of nitrogens with zero attached hydrogens (tertiary/aromatic N) is 1. The number of nitrogens with one attached hydrogen (secondary N) is 2. The van der Waals surface area contributed by atoms with Crippen molar-refractivity contribution in [1.82, 2.24) is 10.7 Å². The molecular formula is C15H19N3O5. The highest BCUT2D eigenvalue weighted by Crippen LogP contribution is 2.37. The lowest BCUT2D eigenvalue weighted by molar-refractivity contribution is -0.139. The number of carbonyl (C=O) groups is 2. The molecule has 0 bridgehead atoms. The molecule has 0 atom stereocenters. The molecule has 2 N–H and O–H groups in total. The second kappa shape index (κ2) is 9.08. The molecule has 0 radical (unpaired) electrons. The van der Waals surface area contributed by atoms with Gasteiger partial charge in [0.25, 0.3) is 0 Å². The maximum absolute atomic E-state index is 11.4. The van der Waals surface area contributed by atoms with E-state index in [9.17, 15) is 9.59 Å². The summed E-state index contributed by atoms with van der Waals surface area (Å²) in [5, 5.41) is 6.05. The molecule has 2 amide bonds. The van der Waals surface area contributed by atoms with E-state index in [1.165, 1.54) is 33.6 Å². The molecule has 0 aliphatic carbocycles. The first kappa shape index (κ1) is 18.0. The molecule has 0 heterocycles. The van der Waals surface area contributed by atoms with Crippen LogP contribution in [0.25, 0.3) is 0 Å². The largest absolute Gasteiger partial charge is 0.493 e. The van der Waals surface area contributed by atoms with Gasteiger partial charge in [-0.05, 0) is 12.1 Å². The van der Waals surface area contributed by atoms with Crippen molar-refractivity contribution >= 4 is 18.0 Å². The first-order chi connectivity index (χ1) is 11.1. The number of hydrazone groups is 1. The van der Waals surface area contributed by atoms with Crippen LogP contribution in [0.4, 0.5) is 0 Å². The topological polar surface area (TPSA) is 98.3 Å². The van der Waals surface area contributed by atoms with Crippen LogP contribution >= 0.6 is 0 Å². The van der Waals surface area contributed by atoms with Crippen molar-refractivity contribution in [2.24, 2.45) is 5.10 Å². The Morgan fingerprint density at radius 2 is 1.74 bits per heavy atom. The van der Waals surface area contributed by atoms with Gasteiger partial charge in [0, 0.05) is 12.1 Å². The number of carbonyl (C=O) groups excluding carboxylic acids is 2. The minimum Gasteiger partial charge on any atom is -0.493 e. The fourth-order valence-electron chi connectivity index (χ4n) is 1.64. The number of benzene rings is 1. The lowest BCUT2D eigenvalue weighted by Crippen LogP contribution is -2.37. The zero-order valence-electron chi connectivity index (χ0n) is 13.2. The standard InChI is InChI=1S/C15H19N3O5/c1-5-6-16-14(19)15(20)18-17-9-10-7-11(21-2)13(23-4)12(8-10)22-3/h5,7-9H,1,6H2,2-4H3,(H,16,19)(H,18,20)/b17-9-. The van der Waals surface area contributed by atoms with Crippen LogP contribution in [0.1, 0.15) is 5.56 Å². The summed E-state index contributed by atoms with van der Waals surface area (Å²) in [7, 11) is 4.48. The first-order valence-electron chi connectivity index (χ1n) is 6.59. The van der Waals surface area contributed by atoms with Crippen LogP contribution in [-0.4, -0.2) is 45.9 Å². The summed E-state index contributed by atoms with van der Waals surface area (Å²) in [6, 6.07) is 3.30. The van der Waals surface area contributed by atoms with E-state index in [0.717, 1.165) is 0 Å². The monoisotopic (exact) mass is 321 g/mol. The second-order valence-corrected chi connectivity index (χ2v) is 4.16. The Balaban J connectivity index is 2.82. The van der Waals surface area contributed by atoms with Crippen LogP contribution in [0, 0.1) is 0 Å². The third-order valence-electron chi connectivity index (χ3n) is 2.68. The predicted octanol–water partition coefficient (Wildman–Crippen LogP) is 0.465. The van der Waals surface area contributed by atoms with E-state index in [2.05, 4.69) is 22.4 Å². The molecule has 23 heavy (non-hydrogen) atoms. The number of methoxy groups -OCH3 is 3. The van der Waals surface area contributed by atoms with Gasteiger partial charge in [-0.3, -0.25) is 9.59 Å². The van der Waals surface area contributed by atoms with Gasteiger partial charge in [-0.25, -0.2) is 5.43 Å². The van der Waals surface area contributed by atoms with Crippen LogP contribution < -0.4 is 25.0 Å². The molecule has 1 rings (SSSR count). The molecule has 0 aliphatic rings. The van der Waals surface area contributed by atoms with Gasteiger partial charge in [0.05, 0.1) is 27.5 Å². The second-order valence-electron chi connectivity index (χ2n) is 4.16. The van der Waals surface area contributed by atoms with Crippen LogP contribution in [0.2, 0.25) is 0 Å². The van der Waals surface area contributed by atoms with Crippen molar-refractivity contribution in [1.29, 1.82) is 0 Å². The third-order valence-corrected chi connectivity index (χ3v) is 2.68. The van der Waals surface area contributed by atoms with Gasteiger partial charge in [-0.15, -0.1) is 6.58 Å².